The molecule has 1 aromatic carbocycles. The van der Waals surface area contributed by atoms with E-state index in [1.165, 1.54) is 18.3 Å². The quantitative estimate of drug-likeness (QED) is 0.941. The number of nitrogens with zero attached hydrogens (tertiary/aromatic N) is 1. The van der Waals surface area contributed by atoms with Crippen LogP contribution in [0.3, 0.4) is 0 Å². The number of aromatic nitrogens is 1. The number of nitrogens with one attached hydrogen (secondary N) is 1. The zero-order valence-corrected chi connectivity index (χ0v) is 11.4. The van der Waals surface area contributed by atoms with Crippen LogP contribution in [0.15, 0.2) is 41.4 Å². The van der Waals surface area contributed by atoms with Crippen molar-refractivity contribution in [1.29, 1.82) is 0 Å². The molecule has 1 heterocycles. The van der Waals surface area contributed by atoms with E-state index < -0.39 is 21.5 Å². The molecule has 0 aliphatic carbocycles. The number of benzene rings is 1. The predicted octanol–water partition coefficient (Wildman–Crippen LogP) is 2.38. The van der Waals surface area contributed by atoms with Crippen LogP contribution in [-0.2, 0) is 16.4 Å². The fourth-order valence-corrected chi connectivity index (χ4v) is 2.48. The molecule has 2 aromatic rings. The van der Waals surface area contributed by atoms with Crippen LogP contribution in [0.5, 0.6) is 0 Å². The van der Waals surface area contributed by atoms with E-state index in [4.69, 9.17) is 0 Å². The molecule has 0 spiro atoms. The lowest BCUT2D eigenvalue weighted by Gasteiger charge is -2.10. The Morgan fingerprint density at radius 2 is 2.00 bits per heavy atom. The van der Waals surface area contributed by atoms with Crippen molar-refractivity contribution in [2.45, 2.75) is 11.4 Å². The van der Waals surface area contributed by atoms with Gasteiger partial charge in [-0.2, -0.15) is 0 Å². The monoisotopic (exact) mass is 298 g/mol. The molecule has 7 heteroatoms. The first-order valence-electron chi connectivity index (χ1n) is 5.71. The number of hydrogen-bond acceptors (Lipinski definition) is 4. The number of anilines is 1. The van der Waals surface area contributed by atoms with Crippen LogP contribution in [0.4, 0.5) is 14.6 Å². The molecule has 0 amide bonds. The first-order chi connectivity index (χ1) is 9.38. The van der Waals surface area contributed by atoms with Gasteiger partial charge in [0.2, 0.25) is 0 Å². The van der Waals surface area contributed by atoms with Crippen LogP contribution in [0.25, 0.3) is 0 Å². The molecule has 0 saturated heterocycles. The molecule has 0 radical (unpaired) electrons. The van der Waals surface area contributed by atoms with Crippen molar-refractivity contribution in [1.82, 2.24) is 4.98 Å². The molecule has 4 nitrogen and oxygen atoms in total. The van der Waals surface area contributed by atoms with Crippen molar-refractivity contribution in [2.75, 3.05) is 11.6 Å². The summed E-state index contributed by atoms with van der Waals surface area (Å²) in [6.45, 7) is -0.0663. The molecular formula is C13H12F2N2O2S. The summed E-state index contributed by atoms with van der Waals surface area (Å²) in [5, 5.41) is 2.71. The first kappa shape index (κ1) is 14.4. The lowest BCUT2D eigenvalue weighted by atomic mass is 10.2. The number of rotatable bonds is 4. The van der Waals surface area contributed by atoms with Crippen LogP contribution in [0.2, 0.25) is 0 Å². The Morgan fingerprint density at radius 1 is 1.25 bits per heavy atom. The first-order valence-corrected chi connectivity index (χ1v) is 7.60. The largest absolute Gasteiger partial charge is 0.365 e. The molecule has 106 valence electrons. The standard InChI is InChI=1S/C13H12F2N2O2S/c1-20(18,19)12-3-2-6-16-13(12)17-8-9-7-10(14)4-5-11(9)15/h2-7H,8H2,1H3,(H,16,17). The van der Waals surface area contributed by atoms with Gasteiger partial charge in [0.25, 0.3) is 0 Å². The second-order valence-electron chi connectivity index (χ2n) is 4.21. The number of pyridine rings is 1. The van der Waals surface area contributed by atoms with Gasteiger partial charge in [0, 0.05) is 24.6 Å². The molecule has 0 bridgehead atoms. The van der Waals surface area contributed by atoms with Gasteiger partial charge in [-0.1, -0.05) is 0 Å². The second-order valence-corrected chi connectivity index (χ2v) is 6.20. The Morgan fingerprint density at radius 3 is 2.70 bits per heavy atom. The van der Waals surface area contributed by atoms with Gasteiger partial charge in [-0.05, 0) is 30.3 Å². The maximum absolute atomic E-state index is 13.5. The summed E-state index contributed by atoms with van der Waals surface area (Å²) < 4.78 is 49.6. The molecule has 0 saturated carbocycles. The highest BCUT2D eigenvalue weighted by molar-refractivity contribution is 7.90. The highest BCUT2D eigenvalue weighted by Gasteiger charge is 2.14. The van der Waals surface area contributed by atoms with E-state index >= 15 is 0 Å². The van der Waals surface area contributed by atoms with Gasteiger partial charge < -0.3 is 5.32 Å². The molecule has 0 aliphatic rings. The highest BCUT2D eigenvalue weighted by atomic mass is 32.2. The summed E-state index contributed by atoms with van der Waals surface area (Å²) in [4.78, 5) is 3.92. The van der Waals surface area contributed by atoms with Gasteiger partial charge in [-0.15, -0.1) is 0 Å². The summed E-state index contributed by atoms with van der Waals surface area (Å²) in [7, 11) is -3.45. The lowest BCUT2D eigenvalue weighted by Crippen LogP contribution is -2.09. The minimum absolute atomic E-state index is 0.0109. The number of sulfone groups is 1. The van der Waals surface area contributed by atoms with Crippen LogP contribution in [-0.4, -0.2) is 19.7 Å². The second kappa shape index (κ2) is 5.54. The maximum Gasteiger partial charge on any atom is 0.179 e. The SMILES string of the molecule is CS(=O)(=O)c1cccnc1NCc1cc(F)ccc1F. The molecular weight excluding hydrogens is 286 g/mol. The topological polar surface area (TPSA) is 59.1 Å². The number of hydrogen-bond donors (Lipinski definition) is 1. The summed E-state index contributed by atoms with van der Waals surface area (Å²) in [6.07, 6.45) is 2.47. The van der Waals surface area contributed by atoms with E-state index in [2.05, 4.69) is 10.3 Å². The molecule has 1 aromatic heterocycles. The van der Waals surface area contributed by atoms with Gasteiger partial charge in [-0.25, -0.2) is 22.2 Å². The Kier molecular flexibility index (Phi) is 3.99. The average Bonchev–Trinajstić information content (AvgIpc) is 2.39. The third-order valence-corrected chi connectivity index (χ3v) is 3.75. The molecule has 0 aliphatic heterocycles. The Hall–Kier alpha value is -2.02. The van der Waals surface area contributed by atoms with Crippen LogP contribution in [0, 0.1) is 11.6 Å². The van der Waals surface area contributed by atoms with Crippen molar-refractivity contribution in [3.8, 4) is 0 Å². The molecule has 20 heavy (non-hydrogen) atoms. The van der Waals surface area contributed by atoms with E-state index in [1.54, 1.807) is 0 Å². The third kappa shape index (κ3) is 3.30. The smallest absolute Gasteiger partial charge is 0.179 e. The molecule has 2 rings (SSSR count). The van der Waals surface area contributed by atoms with Gasteiger partial charge in [0.05, 0.1) is 0 Å². The fourth-order valence-electron chi connectivity index (χ4n) is 1.68. The van der Waals surface area contributed by atoms with Gasteiger partial charge >= 0.3 is 0 Å². The van der Waals surface area contributed by atoms with Crippen molar-refractivity contribution in [3.63, 3.8) is 0 Å². The average molecular weight is 298 g/mol. The van der Waals surface area contributed by atoms with E-state index in [1.807, 2.05) is 0 Å². The maximum atomic E-state index is 13.5. The molecule has 0 atom stereocenters. The summed E-state index contributed by atoms with van der Waals surface area (Å²) in [5.41, 5.74) is 0.0927. The predicted molar refractivity (Wildman–Crippen MR) is 71.0 cm³/mol. The Bertz CT molecular complexity index is 733. The summed E-state index contributed by atoms with van der Waals surface area (Å²) >= 11 is 0. The summed E-state index contributed by atoms with van der Waals surface area (Å²) in [5.74, 6) is -1.03. The van der Waals surface area contributed by atoms with E-state index in [0.29, 0.717) is 0 Å². The molecule has 1 N–H and O–H groups in total. The van der Waals surface area contributed by atoms with E-state index in [-0.39, 0.29) is 22.8 Å². The fraction of sp³-hybridized carbons (Fsp3) is 0.154. The van der Waals surface area contributed by atoms with Crippen molar-refractivity contribution in [3.05, 3.63) is 53.7 Å². The van der Waals surface area contributed by atoms with Crippen molar-refractivity contribution < 1.29 is 17.2 Å². The molecule has 0 unspecified atom stereocenters. The molecule has 0 fully saturated rings. The minimum Gasteiger partial charge on any atom is -0.365 e. The van der Waals surface area contributed by atoms with Gasteiger partial charge in [0.1, 0.15) is 22.3 Å². The third-order valence-electron chi connectivity index (χ3n) is 2.62. The minimum atomic E-state index is -3.45. The highest BCUT2D eigenvalue weighted by Crippen LogP contribution is 2.19. The van der Waals surface area contributed by atoms with Crippen LogP contribution in [0.1, 0.15) is 5.56 Å². The van der Waals surface area contributed by atoms with Crippen LogP contribution >= 0.6 is 0 Å². The van der Waals surface area contributed by atoms with E-state index in [9.17, 15) is 17.2 Å². The van der Waals surface area contributed by atoms with Crippen molar-refractivity contribution >= 4 is 15.7 Å². The van der Waals surface area contributed by atoms with Gasteiger partial charge in [0.15, 0.2) is 9.84 Å². The zero-order chi connectivity index (χ0) is 14.8. The lowest BCUT2D eigenvalue weighted by molar-refractivity contribution is 0.587. The number of halogens is 2. The normalized spacial score (nSPS) is 11.3. The Balaban J connectivity index is 2.26. The van der Waals surface area contributed by atoms with E-state index in [0.717, 1.165) is 24.5 Å². The zero-order valence-electron chi connectivity index (χ0n) is 10.6. The van der Waals surface area contributed by atoms with Crippen LogP contribution < -0.4 is 5.32 Å². The van der Waals surface area contributed by atoms with Gasteiger partial charge in [-0.3, -0.25) is 0 Å². The van der Waals surface area contributed by atoms with Crippen molar-refractivity contribution in [2.24, 2.45) is 0 Å². The summed E-state index contributed by atoms with van der Waals surface area (Å²) in [6, 6.07) is 5.96. The Labute approximate surface area is 115 Å².